The molecule has 0 heterocycles. The Kier molecular flexibility index (Phi) is 10.5. The van der Waals surface area contributed by atoms with E-state index < -0.39 is 33.4 Å². The minimum atomic E-state index is -4.03. The predicted octanol–water partition coefficient (Wildman–Crippen LogP) is 4.76. The third-order valence-electron chi connectivity index (χ3n) is 7.67. The number of nitro benzene ring substituents is 1. The highest BCUT2D eigenvalue weighted by atomic mass is 32.2. The second kappa shape index (κ2) is 14.3. The van der Waals surface area contributed by atoms with Crippen LogP contribution in [0.25, 0.3) is 0 Å². The van der Waals surface area contributed by atoms with E-state index in [4.69, 9.17) is 0 Å². The van der Waals surface area contributed by atoms with Crippen LogP contribution in [0.2, 0.25) is 0 Å². The van der Waals surface area contributed by atoms with Crippen LogP contribution in [0, 0.1) is 17.0 Å². The topological polar surface area (TPSA) is 130 Å². The van der Waals surface area contributed by atoms with Gasteiger partial charge in [-0.05, 0) is 37.0 Å². The number of amides is 2. The lowest BCUT2D eigenvalue weighted by Gasteiger charge is -2.35. The number of benzene rings is 3. The molecule has 1 fully saturated rings. The molecule has 1 aliphatic carbocycles. The van der Waals surface area contributed by atoms with E-state index in [2.05, 4.69) is 5.32 Å². The van der Waals surface area contributed by atoms with Crippen molar-refractivity contribution in [1.29, 1.82) is 0 Å². The predicted molar refractivity (Wildman–Crippen MR) is 166 cm³/mol. The lowest BCUT2D eigenvalue weighted by atomic mass is 9.94. The average Bonchev–Trinajstić information content (AvgIpc) is 2.98. The Morgan fingerprint density at radius 2 is 1.63 bits per heavy atom. The SMILES string of the molecule is Cc1cccc(CN(C(=O)CN(c2cccc([N+](=O)[O-])c2)S(C)(=O)=O)C(Cc2ccccc2)C(=O)NC2CCCCC2)c1. The van der Waals surface area contributed by atoms with E-state index in [9.17, 15) is 28.1 Å². The summed E-state index contributed by atoms with van der Waals surface area (Å²) in [5.74, 6) is -0.892. The van der Waals surface area contributed by atoms with Crippen molar-refractivity contribution in [2.45, 2.75) is 64.1 Å². The van der Waals surface area contributed by atoms with Crippen LogP contribution in [0.5, 0.6) is 0 Å². The number of non-ortho nitro benzene ring substituents is 1. The number of carbonyl (C=O) groups excluding carboxylic acids is 2. The molecule has 11 heteroatoms. The number of nitrogens with one attached hydrogen (secondary N) is 1. The molecule has 0 aliphatic heterocycles. The van der Waals surface area contributed by atoms with Crippen molar-refractivity contribution < 1.29 is 22.9 Å². The van der Waals surface area contributed by atoms with Crippen molar-refractivity contribution in [3.63, 3.8) is 0 Å². The van der Waals surface area contributed by atoms with Gasteiger partial charge in [-0.15, -0.1) is 0 Å². The number of nitrogens with zero attached hydrogens (tertiary/aromatic N) is 3. The number of hydrogen-bond donors (Lipinski definition) is 1. The van der Waals surface area contributed by atoms with Crippen LogP contribution in [-0.4, -0.2) is 54.9 Å². The fourth-order valence-corrected chi connectivity index (χ4v) is 6.32. The van der Waals surface area contributed by atoms with E-state index in [-0.39, 0.29) is 36.3 Å². The zero-order valence-electron chi connectivity index (χ0n) is 24.5. The summed E-state index contributed by atoms with van der Waals surface area (Å²) in [6, 6.07) is 21.2. The molecule has 10 nitrogen and oxygen atoms in total. The van der Waals surface area contributed by atoms with Crippen molar-refractivity contribution in [2.24, 2.45) is 0 Å². The number of carbonyl (C=O) groups is 2. The van der Waals surface area contributed by atoms with Crippen LogP contribution in [-0.2, 0) is 32.6 Å². The number of sulfonamides is 1. The van der Waals surface area contributed by atoms with Gasteiger partial charge in [0.25, 0.3) is 5.69 Å². The molecule has 1 saturated carbocycles. The van der Waals surface area contributed by atoms with Crippen LogP contribution >= 0.6 is 0 Å². The quantitative estimate of drug-likeness (QED) is 0.234. The third-order valence-corrected chi connectivity index (χ3v) is 8.81. The van der Waals surface area contributed by atoms with Crippen LogP contribution in [0.1, 0.15) is 48.8 Å². The number of anilines is 1. The summed E-state index contributed by atoms with van der Waals surface area (Å²) in [6.45, 7) is 1.37. The van der Waals surface area contributed by atoms with Crippen molar-refractivity contribution in [1.82, 2.24) is 10.2 Å². The Bertz CT molecular complexity index is 1540. The summed E-state index contributed by atoms with van der Waals surface area (Å²) in [4.78, 5) is 40.4. The van der Waals surface area contributed by atoms with Crippen molar-refractivity contribution in [3.05, 3.63) is 106 Å². The van der Waals surface area contributed by atoms with E-state index in [1.54, 1.807) is 0 Å². The monoisotopic (exact) mass is 606 g/mol. The third kappa shape index (κ3) is 8.87. The maximum Gasteiger partial charge on any atom is 0.271 e. The molecule has 0 saturated heterocycles. The molecule has 4 rings (SSSR count). The molecule has 1 aliphatic rings. The van der Waals surface area contributed by atoms with Crippen LogP contribution in [0.3, 0.4) is 0 Å². The van der Waals surface area contributed by atoms with E-state index in [1.165, 1.54) is 23.1 Å². The first kappa shape index (κ1) is 31.7. The molecular formula is C32H38N4O6S. The van der Waals surface area contributed by atoms with Gasteiger partial charge in [0.2, 0.25) is 21.8 Å². The number of rotatable bonds is 12. The largest absolute Gasteiger partial charge is 0.352 e. The van der Waals surface area contributed by atoms with Gasteiger partial charge in [-0.1, -0.05) is 85.5 Å². The molecular weight excluding hydrogens is 568 g/mol. The molecule has 0 aromatic heterocycles. The summed E-state index contributed by atoms with van der Waals surface area (Å²) in [6.07, 6.45) is 6.07. The molecule has 1 atom stereocenters. The Hall–Kier alpha value is -4.25. The lowest BCUT2D eigenvalue weighted by Crippen LogP contribution is -2.55. The molecule has 2 amide bonds. The molecule has 3 aromatic rings. The lowest BCUT2D eigenvalue weighted by molar-refractivity contribution is -0.384. The molecule has 43 heavy (non-hydrogen) atoms. The van der Waals surface area contributed by atoms with Crippen LogP contribution in [0.4, 0.5) is 11.4 Å². The van der Waals surface area contributed by atoms with Gasteiger partial charge in [0.05, 0.1) is 16.9 Å². The molecule has 3 aromatic carbocycles. The highest BCUT2D eigenvalue weighted by Crippen LogP contribution is 2.25. The number of aryl methyl sites for hydroxylation is 1. The van der Waals surface area contributed by atoms with E-state index in [0.29, 0.717) is 0 Å². The molecule has 1 N–H and O–H groups in total. The van der Waals surface area contributed by atoms with Crippen molar-refractivity contribution in [3.8, 4) is 0 Å². The standard InChI is InChI=1S/C32H38N4O6S/c1-24-11-9-14-26(19-24)22-34(31(37)23-35(43(2,41)42)28-17-10-18-29(21-28)36(39)40)30(20-25-12-5-3-6-13-25)32(38)33-27-15-7-4-8-16-27/h3,5-6,9-14,17-19,21,27,30H,4,7-8,15-16,20,22-23H2,1-2H3,(H,33,38). The Balaban J connectivity index is 1.73. The van der Waals surface area contributed by atoms with Gasteiger partial charge in [-0.25, -0.2) is 8.42 Å². The van der Waals surface area contributed by atoms with Crippen molar-refractivity contribution >= 4 is 33.2 Å². The molecule has 0 spiro atoms. The fraction of sp³-hybridized carbons (Fsp3) is 0.375. The van der Waals surface area contributed by atoms with Gasteiger partial charge in [0.1, 0.15) is 12.6 Å². The van der Waals surface area contributed by atoms with Crippen LogP contribution in [0.15, 0.2) is 78.9 Å². The Labute approximate surface area is 252 Å². The minimum Gasteiger partial charge on any atom is -0.352 e. The molecule has 0 radical (unpaired) electrons. The maximum absolute atomic E-state index is 14.2. The fourth-order valence-electron chi connectivity index (χ4n) is 5.48. The molecule has 1 unspecified atom stereocenters. The smallest absolute Gasteiger partial charge is 0.271 e. The summed E-state index contributed by atoms with van der Waals surface area (Å²) < 4.78 is 26.7. The van der Waals surface area contributed by atoms with Gasteiger partial charge >= 0.3 is 0 Å². The van der Waals surface area contributed by atoms with Gasteiger partial charge in [-0.2, -0.15) is 0 Å². The van der Waals surface area contributed by atoms with Gasteiger partial charge in [0.15, 0.2) is 0 Å². The summed E-state index contributed by atoms with van der Waals surface area (Å²) in [5.41, 5.74) is 2.31. The highest BCUT2D eigenvalue weighted by Gasteiger charge is 2.34. The summed E-state index contributed by atoms with van der Waals surface area (Å²) in [5, 5.41) is 14.6. The first-order chi connectivity index (χ1) is 20.5. The normalized spacial score (nSPS) is 14.5. The van der Waals surface area contributed by atoms with Crippen molar-refractivity contribution in [2.75, 3.05) is 17.1 Å². The van der Waals surface area contributed by atoms with Gasteiger partial charge < -0.3 is 10.2 Å². The second-order valence-corrected chi connectivity index (χ2v) is 13.0. The first-order valence-corrected chi connectivity index (χ1v) is 16.3. The van der Waals surface area contributed by atoms with Gasteiger partial charge in [0, 0.05) is 31.1 Å². The summed E-state index contributed by atoms with van der Waals surface area (Å²) >= 11 is 0. The van der Waals surface area contributed by atoms with Crippen LogP contribution < -0.4 is 9.62 Å². The summed E-state index contributed by atoms with van der Waals surface area (Å²) in [7, 11) is -4.03. The Morgan fingerprint density at radius 1 is 0.953 bits per heavy atom. The van der Waals surface area contributed by atoms with E-state index in [0.717, 1.165) is 65.4 Å². The Morgan fingerprint density at radius 3 is 2.28 bits per heavy atom. The first-order valence-electron chi connectivity index (χ1n) is 14.4. The number of hydrogen-bond acceptors (Lipinski definition) is 6. The van der Waals surface area contributed by atoms with Gasteiger partial charge in [-0.3, -0.25) is 24.0 Å². The molecule has 0 bridgehead atoms. The molecule has 228 valence electrons. The van der Waals surface area contributed by atoms with E-state index in [1.807, 2.05) is 61.5 Å². The zero-order valence-corrected chi connectivity index (χ0v) is 25.3. The highest BCUT2D eigenvalue weighted by molar-refractivity contribution is 7.92. The average molecular weight is 607 g/mol. The second-order valence-electron chi connectivity index (χ2n) is 11.1. The maximum atomic E-state index is 14.2. The van der Waals surface area contributed by atoms with E-state index >= 15 is 0 Å². The minimum absolute atomic E-state index is 0.00725. The zero-order chi connectivity index (χ0) is 31.0. The number of nitro groups is 1.